The lowest BCUT2D eigenvalue weighted by atomic mass is 9.96. The molecule has 4 nitrogen and oxygen atoms in total. The zero-order chi connectivity index (χ0) is 19.0. The Hall–Kier alpha value is -1.55. The fraction of sp³-hybridized carbons (Fsp3) is 0.667. The molecule has 0 aliphatic carbocycles. The minimum atomic E-state index is -0.803. The first-order valence-electron chi connectivity index (χ1n) is 9.41. The zero-order valence-corrected chi connectivity index (χ0v) is 17.0. The monoisotopic (exact) mass is 349 g/mol. The van der Waals surface area contributed by atoms with Gasteiger partial charge in [0.2, 0.25) is 0 Å². The number of carbonyl (C=O) groups excluding carboxylic acids is 1. The molecule has 0 radical (unpaired) electrons. The van der Waals surface area contributed by atoms with Gasteiger partial charge < -0.3 is 14.8 Å². The molecular weight excluding hydrogens is 314 g/mol. The number of unbranched alkanes of at least 4 members (excludes halogenated alkanes) is 2. The van der Waals surface area contributed by atoms with Crippen molar-refractivity contribution in [2.24, 2.45) is 0 Å². The lowest BCUT2D eigenvalue weighted by Crippen LogP contribution is -2.42. The fourth-order valence-corrected chi connectivity index (χ4v) is 2.78. The quantitative estimate of drug-likeness (QED) is 0.575. The van der Waals surface area contributed by atoms with Crippen molar-refractivity contribution in [1.29, 1.82) is 0 Å². The van der Waals surface area contributed by atoms with E-state index in [4.69, 9.17) is 9.47 Å². The van der Waals surface area contributed by atoms with Crippen molar-refractivity contribution in [2.75, 3.05) is 12.4 Å². The van der Waals surface area contributed by atoms with E-state index in [2.05, 4.69) is 26.1 Å². The van der Waals surface area contributed by atoms with Crippen molar-refractivity contribution in [2.45, 2.75) is 85.4 Å². The lowest BCUT2D eigenvalue weighted by molar-refractivity contribution is -0.136. The normalized spacial score (nSPS) is 14.7. The van der Waals surface area contributed by atoms with Gasteiger partial charge in [0.05, 0.1) is 6.10 Å². The Bertz CT molecular complexity index is 547. The molecule has 0 saturated heterocycles. The van der Waals surface area contributed by atoms with Gasteiger partial charge in [0.15, 0.2) is 0 Å². The molecule has 0 aliphatic rings. The summed E-state index contributed by atoms with van der Waals surface area (Å²) in [4.78, 5) is 12.7. The van der Waals surface area contributed by atoms with E-state index < -0.39 is 5.60 Å². The van der Waals surface area contributed by atoms with E-state index in [0.717, 1.165) is 54.7 Å². The third-order valence-electron chi connectivity index (χ3n) is 4.80. The second kappa shape index (κ2) is 9.81. The summed E-state index contributed by atoms with van der Waals surface area (Å²) in [5, 5.41) is 3.02. The zero-order valence-electron chi connectivity index (χ0n) is 17.0. The van der Waals surface area contributed by atoms with Crippen molar-refractivity contribution in [3.63, 3.8) is 0 Å². The molecule has 142 valence electrons. The molecule has 1 rings (SSSR count). The van der Waals surface area contributed by atoms with E-state index >= 15 is 0 Å². The van der Waals surface area contributed by atoms with E-state index in [-0.39, 0.29) is 12.0 Å². The number of methoxy groups -OCH3 is 1. The number of hydrogen-bond acceptors (Lipinski definition) is 3. The maximum absolute atomic E-state index is 12.7. The molecule has 1 aromatic rings. The Labute approximate surface area is 153 Å². The Morgan fingerprint density at radius 2 is 1.80 bits per heavy atom. The molecule has 0 fully saturated rings. The average molecular weight is 350 g/mol. The summed E-state index contributed by atoms with van der Waals surface area (Å²) >= 11 is 0. The van der Waals surface area contributed by atoms with Crippen molar-refractivity contribution < 1.29 is 14.3 Å². The fourth-order valence-electron chi connectivity index (χ4n) is 2.78. The maximum Gasteiger partial charge on any atom is 0.256 e. The van der Waals surface area contributed by atoms with Crippen LogP contribution in [0.4, 0.5) is 5.69 Å². The van der Waals surface area contributed by atoms with Crippen LogP contribution < -0.4 is 10.1 Å². The molecule has 4 heteroatoms. The summed E-state index contributed by atoms with van der Waals surface area (Å²) in [6.07, 6.45) is 5.06. The number of carbonyl (C=O) groups is 1. The highest BCUT2D eigenvalue weighted by molar-refractivity contribution is 5.97. The van der Waals surface area contributed by atoms with Crippen LogP contribution in [-0.4, -0.2) is 24.7 Å². The molecular formula is C21H35NO3. The second-order valence-electron chi connectivity index (χ2n) is 7.12. The van der Waals surface area contributed by atoms with Gasteiger partial charge in [-0.1, -0.05) is 33.1 Å². The summed E-state index contributed by atoms with van der Waals surface area (Å²) in [5.41, 5.74) is 2.04. The first-order chi connectivity index (χ1) is 11.8. The number of aryl methyl sites for hydroxylation is 2. The van der Waals surface area contributed by atoms with Gasteiger partial charge in [-0.3, -0.25) is 4.79 Å². The van der Waals surface area contributed by atoms with Crippen molar-refractivity contribution >= 4 is 11.6 Å². The number of nitrogens with one attached hydrogen (secondary N) is 1. The van der Waals surface area contributed by atoms with Crippen LogP contribution in [0.1, 0.15) is 70.9 Å². The van der Waals surface area contributed by atoms with Crippen molar-refractivity contribution in [3.05, 3.63) is 23.3 Å². The predicted molar refractivity (Wildman–Crippen MR) is 104 cm³/mol. The van der Waals surface area contributed by atoms with Gasteiger partial charge in [0, 0.05) is 12.8 Å². The Balaban J connectivity index is 2.89. The highest BCUT2D eigenvalue weighted by Crippen LogP contribution is 2.29. The second-order valence-corrected chi connectivity index (χ2v) is 7.12. The van der Waals surface area contributed by atoms with Gasteiger partial charge in [0.1, 0.15) is 11.4 Å². The number of rotatable bonds is 10. The first kappa shape index (κ1) is 21.5. The highest BCUT2D eigenvalue weighted by Gasteiger charge is 2.32. The summed E-state index contributed by atoms with van der Waals surface area (Å²) < 4.78 is 11.5. The Morgan fingerprint density at radius 3 is 2.28 bits per heavy atom. The molecule has 1 aromatic carbocycles. The van der Waals surface area contributed by atoms with E-state index in [0.29, 0.717) is 0 Å². The van der Waals surface area contributed by atoms with Crippen LogP contribution in [0.15, 0.2) is 12.1 Å². The van der Waals surface area contributed by atoms with Crippen LogP contribution in [0.2, 0.25) is 0 Å². The SMILES string of the molecule is CCCCCC(C)(OC)C(=O)Nc1cc(C)c(OC(C)CC)c(C)c1. The molecule has 2 unspecified atom stereocenters. The van der Waals surface area contributed by atoms with Crippen LogP contribution in [0, 0.1) is 13.8 Å². The van der Waals surface area contributed by atoms with Crippen LogP contribution in [0.5, 0.6) is 5.75 Å². The van der Waals surface area contributed by atoms with Crippen LogP contribution in [0.25, 0.3) is 0 Å². The molecule has 0 spiro atoms. The van der Waals surface area contributed by atoms with Gasteiger partial charge in [-0.05, 0) is 63.8 Å². The first-order valence-corrected chi connectivity index (χ1v) is 9.41. The van der Waals surface area contributed by atoms with Gasteiger partial charge in [0.25, 0.3) is 5.91 Å². The molecule has 25 heavy (non-hydrogen) atoms. The third-order valence-corrected chi connectivity index (χ3v) is 4.80. The summed E-state index contributed by atoms with van der Waals surface area (Å²) in [7, 11) is 1.60. The van der Waals surface area contributed by atoms with Gasteiger partial charge in [-0.2, -0.15) is 0 Å². The number of benzene rings is 1. The summed E-state index contributed by atoms with van der Waals surface area (Å²) in [6.45, 7) is 12.2. The molecule has 1 amide bonds. The molecule has 0 aliphatic heterocycles. The molecule has 0 aromatic heterocycles. The topological polar surface area (TPSA) is 47.6 Å². The van der Waals surface area contributed by atoms with Gasteiger partial charge in [-0.15, -0.1) is 0 Å². The van der Waals surface area contributed by atoms with E-state index in [1.54, 1.807) is 7.11 Å². The van der Waals surface area contributed by atoms with Crippen LogP contribution in [0.3, 0.4) is 0 Å². The molecule has 0 saturated carbocycles. The Kier molecular flexibility index (Phi) is 8.43. The van der Waals surface area contributed by atoms with Gasteiger partial charge in [-0.25, -0.2) is 0 Å². The minimum absolute atomic E-state index is 0.0968. The average Bonchev–Trinajstić information content (AvgIpc) is 2.57. The predicted octanol–water partition coefficient (Wildman–Crippen LogP) is 5.40. The molecule has 2 atom stereocenters. The van der Waals surface area contributed by atoms with E-state index in [1.807, 2.05) is 32.9 Å². The van der Waals surface area contributed by atoms with Crippen LogP contribution >= 0.6 is 0 Å². The van der Waals surface area contributed by atoms with Crippen LogP contribution in [-0.2, 0) is 9.53 Å². The third kappa shape index (κ3) is 6.03. The molecule has 0 heterocycles. The van der Waals surface area contributed by atoms with Crippen molar-refractivity contribution in [1.82, 2.24) is 0 Å². The smallest absolute Gasteiger partial charge is 0.256 e. The summed E-state index contributed by atoms with van der Waals surface area (Å²) in [5.74, 6) is 0.810. The minimum Gasteiger partial charge on any atom is -0.490 e. The molecule has 1 N–H and O–H groups in total. The number of anilines is 1. The van der Waals surface area contributed by atoms with Gasteiger partial charge >= 0.3 is 0 Å². The van der Waals surface area contributed by atoms with E-state index in [9.17, 15) is 4.79 Å². The number of hydrogen-bond donors (Lipinski definition) is 1. The lowest BCUT2D eigenvalue weighted by Gasteiger charge is -2.27. The summed E-state index contributed by atoms with van der Waals surface area (Å²) in [6, 6.07) is 3.93. The molecule has 0 bridgehead atoms. The largest absolute Gasteiger partial charge is 0.490 e. The van der Waals surface area contributed by atoms with Crippen molar-refractivity contribution in [3.8, 4) is 5.75 Å². The van der Waals surface area contributed by atoms with E-state index in [1.165, 1.54) is 0 Å². The Morgan fingerprint density at radius 1 is 1.20 bits per heavy atom. The number of amides is 1. The highest BCUT2D eigenvalue weighted by atomic mass is 16.5. The number of ether oxygens (including phenoxy) is 2. The maximum atomic E-state index is 12.7. The standard InChI is InChI=1S/C21H35NO3/c1-8-10-11-12-21(6,24-7)20(23)22-18-13-15(3)19(16(4)14-18)25-17(5)9-2/h13-14,17H,8-12H2,1-7H3,(H,22,23).